The molecule has 0 heterocycles. The average molecular weight is 300 g/mol. The molecule has 0 saturated heterocycles. The summed E-state index contributed by atoms with van der Waals surface area (Å²) in [6.45, 7) is 3.24. The fourth-order valence-electron chi connectivity index (χ4n) is 2.21. The molecule has 114 valence electrons. The van der Waals surface area contributed by atoms with Crippen LogP contribution in [0.25, 0.3) is 0 Å². The first kappa shape index (κ1) is 17.1. The van der Waals surface area contributed by atoms with Crippen LogP contribution < -0.4 is 0 Å². The van der Waals surface area contributed by atoms with Crippen LogP contribution in [0.3, 0.4) is 0 Å². The number of aliphatic hydroxyl groups is 2. The molecule has 20 heavy (non-hydrogen) atoms. The molecule has 0 amide bonds. The van der Waals surface area contributed by atoms with Crippen molar-refractivity contribution in [3.8, 4) is 0 Å². The molecule has 1 rings (SSSR count). The highest BCUT2D eigenvalue weighted by Gasteiger charge is 2.32. The molecule has 1 aromatic rings. The SMILES string of the molecule is CCCS(=O)(=O)CCC(CO)(CO)c1ccc(C)cc1. The van der Waals surface area contributed by atoms with Gasteiger partial charge in [0.05, 0.1) is 19.0 Å². The molecule has 0 atom stereocenters. The van der Waals surface area contributed by atoms with Crippen LogP contribution in [-0.2, 0) is 15.3 Å². The first-order valence-electron chi connectivity index (χ1n) is 6.88. The minimum Gasteiger partial charge on any atom is -0.395 e. The fraction of sp³-hybridized carbons (Fsp3) is 0.600. The second-order valence-electron chi connectivity index (χ2n) is 5.36. The minimum atomic E-state index is -3.12. The Morgan fingerprint density at radius 2 is 1.60 bits per heavy atom. The van der Waals surface area contributed by atoms with Gasteiger partial charge >= 0.3 is 0 Å². The minimum absolute atomic E-state index is 0.0180. The number of benzene rings is 1. The fourth-order valence-corrected chi connectivity index (χ4v) is 3.73. The Hall–Kier alpha value is -0.910. The normalized spacial score (nSPS) is 12.6. The smallest absolute Gasteiger partial charge is 0.150 e. The van der Waals surface area contributed by atoms with Gasteiger partial charge in [0.25, 0.3) is 0 Å². The molecule has 2 N–H and O–H groups in total. The lowest BCUT2D eigenvalue weighted by atomic mass is 9.79. The summed E-state index contributed by atoms with van der Waals surface area (Å²) < 4.78 is 23.7. The summed E-state index contributed by atoms with van der Waals surface area (Å²) >= 11 is 0. The highest BCUT2D eigenvalue weighted by atomic mass is 32.2. The Kier molecular flexibility index (Phi) is 6.17. The van der Waals surface area contributed by atoms with Crippen LogP contribution in [0.5, 0.6) is 0 Å². The van der Waals surface area contributed by atoms with Crippen LogP contribution in [0.2, 0.25) is 0 Å². The summed E-state index contributed by atoms with van der Waals surface area (Å²) in [5.74, 6) is 0.129. The molecule has 0 bridgehead atoms. The summed E-state index contributed by atoms with van der Waals surface area (Å²) in [4.78, 5) is 0. The van der Waals surface area contributed by atoms with E-state index in [0.29, 0.717) is 6.42 Å². The van der Waals surface area contributed by atoms with Crippen LogP contribution in [0, 0.1) is 6.92 Å². The quantitative estimate of drug-likeness (QED) is 0.761. The van der Waals surface area contributed by atoms with Gasteiger partial charge in [-0.05, 0) is 25.3 Å². The van der Waals surface area contributed by atoms with Crippen molar-refractivity contribution in [1.29, 1.82) is 0 Å². The number of hydrogen-bond acceptors (Lipinski definition) is 4. The van der Waals surface area contributed by atoms with Gasteiger partial charge in [0, 0.05) is 11.2 Å². The molecule has 0 aromatic heterocycles. The Balaban J connectivity index is 2.95. The van der Waals surface area contributed by atoms with Crippen LogP contribution in [0.1, 0.15) is 30.9 Å². The maximum absolute atomic E-state index is 11.8. The maximum Gasteiger partial charge on any atom is 0.150 e. The standard InChI is InChI=1S/C15H24O4S/c1-3-9-20(18,19)10-8-15(11-16,12-17)14-6-4-13(2)5-7-14/h4-7,16-17H,3,8-12H2,1-2H3. The van der Waals surface area contributed by atoms with Gasteiger partial charge in [-0.1, -0.05) is 36.8 Å². The summed E-state index contributed by atoms with van der Waals surface area (Å²) in [6.07, 6.45) is 0.809. The number of sulfone groups is 1. The lowest BCUT2D eigenvalue weighted by Gasteiger charge is -2.30. The van der Waals surface area contributed by atoms with Crippen LogP contribution in [0.15, 0.2) is 24.3 Å². The summed E-state index contributed by atoms with van der Waals surface area (Å²) in [7, 11) is -3.12. The van der Waals surface area contributed by atoms with E-state index in [1.807, 2.05) is 38.1 Å². The molecule has 5 heteroatoms. The van der Waals surface area contributed by atoms with Gasteiger partial charge in [-0.15, -0.1) is 0 Å². The van der Waals surface area contributed by atoms with Crippen molar-refractivity contribution < 1.29 is 18.6 Å². The topological polar surface area (TPSA) is 74.6 Å². The first-order chi connectivity index (χ1) is 9.39. The Morgan fingerprint density at radius 1 is 1.05 bits per heavy atom. The number of aliphatic hydroxyl groups excluding tert-OH is 2. The molecule has 0 saturated carbocycles. The molecular weight excluding hydrogens is 276 g/mol. The van der Waals surface area contributed by atoms with Gasteiger partial charge in [0.2, 0.25) is 0 Å². The molecule has 0 aliphatic heterocycles. The third-order valence-corrected chi connectivity index (χ3v) is 5.53. The maximum atomic E-state index is 11.8. The molecule has 4 nitrogen and oxygen atoms in total. The van der Waals surface area contributed by atoms with Gasteiger partial charge in [0.15, 0.2) is 0 Å². The zero-order valence-electron chi connectivity index (χ0n) is 12.2. The molecule has 0 unspecified atom stereocenters. The third kappa shape index (κ3) is 4.30. The Labute approximate surface area is 121 Å². The van der Waals surface area contributed by atoms with Gasteiger partial charge in [-0.25, -0.2) is 8.42 Å². The molecule has 0 aliphatic carbocycles. The molecule has 1 aromatic carbocycles. The van der Waals surface area contributed by atoms with Crippen molar-refractivity contribution >= 4 is 9.84 Å². The highest BCUT2D eigenvalue weighted by Crippen LogP contribution is 2.28. The third-order valence-electron chi connectivity index (χ3n) is 3.68. The number of rotatable bonds is 8. The second kappa shape index (κ2) is 7.20. The second-order valence-corrected chi connectivity index (χ2v) is 7.67. The van der Waals surface area contributed by atoms with Crippen LogP contribution in [0.4, 0.5) is 0 Å². The molecule has 0 spiro atoms. The van der Waals surface area contributed by atoms with E-state index in [9.17, 15) is 18.6 Å². The van der Waals surface area contributed by atoms with E-state index >= 15 is 0 Å². The predicted molar refractivity (Wildman–Crippen MR) is 80.6 cm³/mol. The van der Waals surface area contributed by atoms with Crippen LogP contribution in [-0.4, -0.2) is 43.4 Å². The number of hydrogen-bond donors (Lipinski definition) is 2. The van der Waals surface area contributed by atoms with Crippen molar-refractivity contribution in [1.82, 2.24) is 0 Å². The van der Waals surface area contributed by atoms with Crippen molar-refractivity contribution in [2.24, 2.45) is 0 Å². The highest BCUT2D eigenvalue weighted by molar-refractivity contribution is 7.91. The molecule has 0 aliphatic rings. The van der Waals surface area contributed by atoms with E-state index in [4.69, 9.17) is 0 Å². The van der Waals surface area contributed by atoms with E-state index in [-0.39, 0.29) is 31.1 Å². The average Bonchev–Trinajstić information content (AvgIpc) is 2.42. The lowest BCUT2D eigenvalue weighted by molar-refractivity contribution is 0.114. The number of aryl methyl sites for hydroxylation is 1. The van der Waals surface area contributed by atoms with Gasteiger partial charge < -0.3 is 10.2 Å². The van der Waals surface area contributed by atoms with E-state index in [1.54, 1.807) is 0 Å². The zero-order chi connectivity index (χ0) is 15.2. The molecule has 0 fully saturated rings. The largest absolute Gasteiger partial charge is 0.395 e. The molecular formula is C15H24O4S. The monoisotopic (exact) mass is 300 g/mol. The summed E-state index contributed by atoms with van der Waals surface area (Å²) in [5.41, 5.74) is 0.964. The van der Waals surface area contributed by atoms with Gasteiger partial charge in [-0.2, -0.15) is 0 Å². The predicted octanol–water partition coefficient (Wildman–Crippen LogP) is 1.43. The van der Waals surface area contributed by atoms with Gasteiger partial charge in [0.1, 0.15) is 9.84 Å². The van der Waals surface area contributed by atoms with Crippen molar-refractivity contribution in [3.63, 3.8) is 0 Å². The Morgan fingerprint density at radius 3 is 2.05 bits per heavy atom. The van der Waals surface area contributed by atoms with E-state index < -0.39 is 15.3 Å². The van der Waals surface area contributed by atoms with Gasteiger partial charge in [-0.3, -0.25) is 0 Å². The first-order valence-corrected chi connectivity index (χ1v) is 8.70. The van der Waals surface area contributed by atoms with Crippen molar-refractivity contribution in [3.05, 3.63) is 35.4 Å². The van der Waals surface area contributed by atoms with E-state index in [0.717, 1.165) is 11.1 Å². The van der Waals surface area contributed by atoms with Crippen molar-refractivity contribution in [2.75, 3.05) is 24.7 Å². The molecule has 0 radical (unpaired) electrons. The summed E-state index contributed by atoms with van der Waals surface area (Å²) in [6, 6.07) is 7.48. The van der Waals surface area contributed by atoms with Crippen LogP contribution >= 0.6 is 0 Å². The lowest BCUT2D eigenvalue weighted by Crippen LogP contribution is -2.37. The summed E-state index contributed by atoms with van der Waals surface area (Å²) in [5, 5.41) is 19.3. The van der Waals surface area contributed by atoms with Crippen molar-refractivity contribution in [2.45, 2.75) is 32.1 Å². The van der Waals surface area contributed by atoms with E-state index in [2.05, 4.69) is 0 Å². The zero-order valence-corrected chi connectivity index (χ0v) is 13.0. The Bertz CT molecular complexity index is 501. The van der Waals surface area contributed by atoms with E-state index in [1.165, 1.54) is 0 Å².